The number of nitrogens with zero attached hydrogens (tertiary/aromatic N) is 3. The van der Waals surface area contributed by atoms with Gasteiger partial charge in [0.2, 0.25) is 11.8 Å². The van der Waals surface area contributed by atoms with Crippen LogP contribution in [0.2, 0.25) is 0 Å². The molecule has 12 heteroatoms. The standard InChI is InChI=1S/C14H21NO4.C13H20N2O3S.C5H11N.CH3/c1-18-14(17)12-10-6-5-9(19-10)11(12)13(16)15-7-3-2-4-8-15;1-14-4-6-15(7-5-14)12(16)10-8-2-3-9(18-8)11(10)13(17)19;1-2-4-6-5-3-1;/h9-12H,2-8H2,1H3;8-11H,2-7H2,1H3,(H,17,19);6H,1-5H2;1H3/q;;;+1/p-1/t9-,10+,11?,12?;8-,9+,10?,11?;;/m00../s1. The largest absolute Gasteiger partial charge is 0.742 e. The number of nitrogens with one attached hydrogen (secondary N) is 1. The molecule has 0 aromatic heterocycles. The van der Waals surface area contributed by atoms with E-state index in [4.69, 9.17) is 26.8 Å². The summed E-state index contributed by atoms with van der Waals surface area (Å²) in [5.41, 5.74) is 0. The third kappa shape index (κ3) is 8.30. The lowest BCUT2D eigenvalue weighted by atomic mass is 9.78. The average molecular weight is 651 g/mol. The molecule has 11 nitrogen and oxygen atoms in total. The maximum atomic E-state index is 12.7. The van der Waals surface area contributed by atoms with Gasteiger partial charge in [0.15, 0.2) is 0 Å². The maximum absolute atomic E-state index is 12.7. The van der Waals surface area contributed by atoms with E-state index >= 15 is 0 Å². The third-order valence-electron chi connectivity index (χ3n) is 10.6. The first-order valence-electron chi connectivity index (χ1n) is 16.9. The van der Waals surface area contributed by atoms with E-state index in [2.05, 4.69) is 17.3 Å². The molecular formula is C33H54N4O7S. The zero-order valence-corrected chi connectivity index (χ0v) is 28.3. The highest BCUT2D eigenvalue weighted by Crippen LogP contribution is 2.46. The quantitative estimate of drug-likeness (QED) is 0.274. The topological polar surface area (TPSA) is 118 Å². The minimum atomic E-state index is -0.391. The number of hydrogen-bond donors (Lipinski definition) is 1. The monoisotopic (exact) mass is 650 g/mol. The van der Waals surface area contributed by atoms with E-state index in [0.29, 0.717) is 0 Å². The van der Waals surface area contributed by atoms with Crippen molar-refractivity contribution in [1.82, 2.24) is 20.0 Å². The molecule has 0 aromatic carbocycles. The Labute approximate surface area is 274 Å². The molecule has 7 fully saturated rings. The van der Waals surface area contributed by atoms with Gasteiger partial charge >= 0.3 is 5.97 Å². The van der Waals surface area contributed by atoms with E-state index in [1.54, 1.807) is 0 Å². The van der Waals surface area contributed by atoms with Crippen molar-refractivity contribution >= 4 is 35.5 Å². The van der Waals surface area contributed by atoms with Crippen molar-refractivity contribution in [1.29, 1.82) is 0 Å². The number of amides is 2. The summed E-state index contributed by atoms with van der Waals surface area (Å²) in [4.78, 5) is 54.9. The normalized spacial score (nSPS) is 35.3. The summed E-state index contributed by atoms with van der Waals surface area (Å²) in [5.74, 6) is -1.54. The van der Waals surface area contributed by atoms with Gasteiger partial charge in [0, 0.05) is 57.7 Å². The predicted octanol–water partition coefficient (Wildman–Crippen LogP) is 1.80. The van der Waals surface area contributed by atoms with Gasteiger partial charge in [0.05, 0.1) is 49.3 Å². The number of likely N-dealkylation sites (N-methyl/N-ethyl adjacent to an activating group) is 1. The predicted molar refractivity (Wildman–Crippen MR) is 172 cm³/mol. The Morgan fingerprint density at radius 2 is 1.09 bits per heavy atom. The number of methoxy groups -OCH3 is 1. The fraction of sp³-hybridized carbons (Fsp3) is 0.848. The summed E-state index contributed by atoms with van der Waals surface area (Å²) in [6.45, 7) is 7.39. The molecule has 0 aromatic rings. The van der Waals surface area contributed by atoms with Crippen LogP contribution in [0.4, 0.5) is 0 Å². The van der Waals surface area contributed by atoms with Crippen molar-refractivity contribution in [3.63, 3.8) is 0 Å². The van der Waals surface area contributed by atoms with Crippen LogP contribution in [-0.2, 0) is 46.0 Å². The first kappa shape index (κ1) is 35.9. The van der Waals surface area contributed by atoms with Gasteiger partial charge in [-0.2, -0.15) is 0 Å². The van der Waals surface area contributed by atoms with Gasteiger partial charge in [-0.25, -0.2) is 0 Å². The number of ether oxygens (including phenoxy) is 3. The van der Waals surface area contributed by atoms with Crippen LogP contribution in [0.5, 0.6) is 0 Å². The molecule has 7 saturated heterocycles. The van der Waals surface area contributed by atoms with Crippen molar-refractivity contribution in [2.24, 2.45) is 23.7 Å². The summed E-state index contributed by atoms with van der Waals surface area (Å²) >= 11 is 4.82. The highest BCUT2D eigenvalue weighted by Gasteiger charge is 2.57. The molecule has 7 heterocycles. The number of carbonyl (C=O) groups is 4. The zero-order valence-electron chi connectivity index (χ0n) is 27.5. The van der Waals surface area contributed by atoms with E-state index in [1.807, 2.05) is 9.80 Å². The van der Waals surface area contributed by atoms with Crippen molar-refractivity contribution < 1.29 is 33.4 Å². The van der Waals surface area contributed by atoms with E-state index in [1.165, 1.54) is 45.9 Å². The molecule has 45 heavy (non-hydrogen) atoms. The molecular weight excluding hydrogens is 596 g/mol. The Morgan fingerprint density at radius 3 is 1.53 bits per heavy atom. The van der Waals surface area contributed by atoms with Gasteiger partial charge in [-0.15, -0.1) is 0 Å². The lowest BCUT2D eigenvalue weighted by Gasteiger charge is -2.37. The molecule has 0 radical (unpaired) electrons. The van der Waals surface area contributed by atoms with Crippen LogP contribution in [0.1, 0.15) is 64.2 Å². The minimum absolute atomic E-state index is 0. The molecule has 4 bridgehead atoms. The number of piperidine rings is 2. The number of fused-ring (bicyclic) bond motifs is 4. The van der Waals surface area contributed by atoms with Crippen molar-refractivity contribution in [2.45, 2.75) is 88.6 Å². The van der Waals surface area contributed by atoms with Crippen LogP contribution in [0.3, 0.4) is 0 Å². The van der Waals surface area contributed by atoms with E-state index in [0.717, 1.165) is 77.8 Å². The number of hydrogen-bond acceptors (Lipinski definition) is 10. The minimum Gasteiger partial charge on any atom is -0.742 e. The fourth-order valence-electron chi connectivity index (χ4n) is 8.08. The summed E-state index contributed by atoms with van der Waals surface area (Å²) < 4.78 is 16.4. The Morgan fingerprint density at radius 1 is 0.644 bits per heavy atom. The lowest BCUT2D eigenvalue weighted by molar-refractivity contribution is -0.153. The van der Waals surface area contributed by atoms with Crippen molar-refractivity contribution in [3.05, 3.63) is 7.43 Å². The Balaban J connectivity index is 0.000000170. The second-order valence-corrected chi connectivity index (χ2v) is 13.8. The average Bonchev–Trinajstić information content (AvgIpc) is 3.88. The Hall–Kier alpha value is -1.99. The molecule has 254 valence electrons. The zero-order chi connectivity index (χ0) is 31.2. The molecule has 7 rings (SSSR count). The van der Waals surface area contributed by atoms with Gasteiger partial charge < -0.3 is 51.7 Å². The molecule has 1 N–H and O–H groups in total. The Bertz CT molecular complexity index is 1000. The SMILES string of the molecule is C1CCNCC1.CN1CCN(C(=O)C2C(C(=O)[S-])[C@H]3CC[C@@H]2O3)CC1.COC(=O)C1C(C(=O)N2CCCCC2)[C@@H]2CC[C@H]1O2.[CH3+]. The lowest BCUT2D eigenvalue weighted by Crippen LogP contribution is -2.52. The van der Waals surface area contributed by atoms with Crippen LogP contribution in [0, 0.1) is 31.1 Å². The number of esters is 1. The summed E-state index contributed by atoms with van der Waals surface area (Å²) in [6.07, 6.45) is 10.6. The van der Waals surface area contributed by atoms with Gasteiger partial charge in [-0.05, 0) is 77.9 Å². The number of piperazine rings is 1. The van der Waals surface area contributed by atoms with Crippen LogP contribution < -0.4 is 5.32 Å². The summed E-state index contributed by atoms with van der Waals surface area (Å²) in [6, 6.07) is 0. The van der Waals surface area contributed by atoms with E-state index in [9.17, 15) is 19.2 Å². The molecule has 8 atom stereocenters. The molecule has 7 aliphatic heterocycles. The van der Waals surface area contributed by atoms with Crippen molar-refractivity contribution in [2.75, 3.05) is 66.5 Å². The van der Waals surface area contributed by atoms with Gasteiger partial charge in [0.1, 0.15) is 0 Å². The number of carbonyl (C=O) groups excluding carboxylic acids is 4. The first-order valence-corrected chi connectivity index (χ1v) is 17.3. The molecule has 4 unspecified atom stereocenters. The third-order valence-corrected chi connectivity index (χ3v) is 10.8. The van der Waals surface area contributed by atoms with E-state index < -0.39 is 5.92 Å². The fourth-order valence-corrected chi connectivity index (χ4v) is 8.38. The van der Waals surface area contributed by atoms with Crippen LogP contribution in [0.25, 0.3) is 0 Å². The Kier molecular flexibility index (Phi) is 13.3. The molecule has 0 saturated carbocycles. The highest BCUT2D eigenvalue weighted by molar-refractivity contribution is 7.77. The second kappa shape index (κ2) is 16.7. The number of likely N-dealkylation sites (tertiary alicyclic amines) is 1. The summed E-state index contributed by atoms with van der Waals surface area (Å²) in [7, 11) is 3.44. The highest BCUT2D eigenvalue weighted by atomic mass is 32.1. The van der Waals surface area contributed by atoms with Crippen molar-refractivity contribution in [3.8, 4) is 0 Å². The molecule has 2 amide bonds. The number of rotatable bonds is 4. The van der Waals surface area contributed by atoms with Crippen LogP contribution in [0.15, 0.2) is 0 Å². The summed E-state index contributed by atoms with van der Waals surface area (Å²) in [5, 5.41) is 2.98. The molecule has 7 aliphatic rings. The van der Waals surface area contributed by atoms with Gasteiger partial charge in [0.25, 0.3) is 0 Å². The molecule has 0 aliphatic carbocycles. The molecule has 0 spiro atoms. The maximum Gasteiger partial charge on any atom is 0.312 e. The van der Waals surface area contributed by atoms with Gasteiger partial charge in [-0.3, -0.25) is 14.4 Å². The second-order valence-electron chi connectivity index (χ2n) is 13.4. The smallest absolute Gasteiger partial charge is 0.312 e. The first-order chi connectivity index (χ1) is 21.3. The van der Waals surface area contributed by atoms with Gasteiger partial charge in [-0.1, -0.05) is 6.42 Å². The van der Waals surface area contributed by atoms with Crippen LogP contribution >= 0.6 is 0 Å². The van der Waals surface area contributed by atoms with E-state index in [-0.39, 0.29) is 72.5 Å². The van der Waals surface area contributed by atoms with Crippen LogP contribution in [-0.4, -0.2) is 129 Å².